The van der Waals surface area contributed by atoms with E-state index in [4.69, 9.17) is 18.0 Å². The fraction of sp³-hybridized carbons (Fsp3) is 0.500. The second-order valence-electron chi connectivity index (χ2n) is 7.59. The van der Waals surface area contributed by atoms with Crippen LogP contribution in [0.3, 0.4) is 0 Å². The smallest absolute Gasteiger partial charge is 0.234 e. The van der Waals surface area contributed by atoms with Crippen molar-refractivity contribution in [2.24, 2.45) is 11.3 Å². The van der Waals surface area contributed by atoms with Crippen molar-refractivity contribution in [3.05, 3.63) is 28.9 Å². The molecule has 1 unspecified atom stereocenters. The van der Waals surface area contributed by atoms with Gasteiger partial charge in [0, 0.05) is 29.1 Å². The van der Waals surface area contributed by atoms with Gasteiger partial charge < -0.3 is 10.0 Å². The normalized spacial score (nSPS) is 17.3. The van der Waals surface area contributed by atoms with Crippen molar-refractivity contribution in [2.75, 3.05) is 13.1 Å². The highest BCUT2D eigenvalue weighted by molar-refractivity contribution is 6.31. The Morgan fingerprint density at radius 2 is 2.19 bits per heavy atom. The van der Waals surface area contributed by atoms with Gasteiger partial charge in [0.1, 0.15) is 0 Å². The Morgan fingerprint density at radius 3 is 2.85 bits per heavy atom. The van der Waals surface area contributed by atoms with Crippen LogP contribution < -0.4 is 0 Å². The fourth-order valence-electron chi connectivity index (χ4n) is 3.96. The van der Waals surface area contributed by atoms with Crippen molar-refractivity contribution in [2.45, 2.75) is 39.2 Å². The molecule has 1 aliphatic heterocycles. The third-order valence-electron chi connectivity index (χ3n) is 5.70. The van der Waals surface area contributed by atoms with E-state index < -0.39 is 6.10 Å². The fourth-order valence-corrected chi connectivity index (χ4v) is 4.19. The number of H-pyrrole nitrogens is 1. The monoisotopic (exact) mass is 373 g/mol. The van der Waals surface area contributed by atoms with Crippen molar-refractivity contribution in [3.8, 4) is 12.3 Å². The van der Waals surface area contributed by atoms with E-state index in [1.165, 1.54) is 0 Å². The number of aromatic nitrogens is 2. The topological polar surface area (TPSA) is 69.2 Å². The SMILES string of the molecule is C#CCC(=O)N1CCC(C(C)(C)C(O)c2cc(Cl)cc3cn[nH]c23)CC1. The van der Waals surface area contributed by atoms with Gasteiger partial charge in [0.15, 0.2) is 0 Å². The Bertz CT molecular complexity index is 844. The third kappa shape index (κ3) is 3.44. The molecule has 1 aliphatic rings. The highest BCUT2D eigenvalue weighted by Gasteiger charge is 2.40. The summed E-state index contributed by atoms with van der Waals surface area (Å²) >= 11 is 6.23. The molecule has 3 rings (SSSR count). The predicted octanol–water partition coefficient (Wildman–Crippen LogP) is 3.54. The number of aliphatic hydroxyl groups excluding tert-OH is 1. The largest absolute Gasteiger partial charge is 0.388 e. The number of terminal acetylenes is 1. The summed E-state index contributed by atoms with van der Waals surface area (Å²) in [6, 6.07) is 3.64. The summed E-state index contributed by atoms with van der Waals surface area (Å²) in [7, 11) is 0. The van der Waals surface area contributed by atoms with E-state index in [0.717, 1.165) is 29.3 Å². The van der Waals surface area contributed by atoms with E-state index in [9.17, 15) is 9.90 Å². The van der Waals surface area contributed by atoms with Crippen LogP contribution >= 0.6 is 11.6 Å². The summed E-state index contributed by atoms with van der Waals surface area (Å²) in [5, 5.41) is 19.7. The van der Waals surface area contributed by atoms with Gasteiger partial charge in [-0.2, -0.15) is 5.10 Å². The van der Waals surface area contributed by atoms with Crippen LogP contribution in [-0.4, -0.2) is 39.2 Å². The number of carbonyl (C=O) groups excluding carboxylic acids is 1. The maximum absolute atomic E-state index is 12.0. The molecule has 2 N–H and O–H groups in total. The molecule has 0 spiro atoms. The van der Waals surface area contributed by atoms with E-state index >= 15 is 0 Å². The third-order valence-corrected chi connectivity index (χ3v) is 5.91. The van der Waals surface area contributed by atoms with Gasteiger partial charge in [0.05, 0.1) is 24.2 Å². The molecular weight excluding hydrogens is 350 g/mol. The highest BCUT2D eigenvalue weighted by atomic mass is 35.5. The zero-order valence-electron chi connectivity index (χ0n) is 15.1. The maximum atomic E-state index is 12.0. The molecule has 1 aromatic heterocycles. The predicted molar refractivity (Wildman–Crippen MR) is 103 cm³/mol. The molecule has 0 bridgehead atoms. The Kier molecular flexibility index (Phi) is 5.27. The molecule has 0 aliphatic carbocycles. The lowest BCUT2D eigenvalue weighted by Crippen LogP contribution is -2.43. The van der Waals surface area contributed by atoms with Crippen molar-refractivity contribution in [1.29, 1.82) is 0 Å². The summed E-state index contributed by atoms with van der Waals surface area (Å²) in [4.78, 5) is 13.8. The van der Waals surface area contributed by atoms with E-state index in [1.807, 2.05) is 11.0 Å². The molecule has 1 amide bonds. The quantitative estimate of drug-likeness (QED) is 0.805. The first-order valence-corrected chi connectivity index (χ1v) is 9.24. The molecule has 6 heteroatoms. The van der Waals surface area contributed by atoms with Crippen molar-refractivity contribution >= 4 is 28.4 Å². The number of hydrogen-bond acceptors (Lipinski definition) is 3. The number of piperidine rings is 1. The van der Waals surface area contributed by atoms with E-state index in [2.05, 4.69) is 30.0 Å². The molecule has 26 heavy (non-hydrogen) atoms. The molecule has 0 radical (unpaired) electrons. The minimum Gasteiger partial charge on any atom is -0.388 e. The number of carbonyl (C=O) groups is 1. The zero-order valence-corrected chi connectivity index (χ0v) is 15.9. The van der Waals surface area contributed by atoms with Gasteiger partial charge in [-0.05, 0) is 36.3 Å². The summed E-state index contributed by atoms with van der Waals surface area (Å²) in [5.74, 6) is 2.71. The van der Waals surface area contributed by atoms with Crippen LogP contribution in [0, 0.1) is 23.7 Å². The number of aromatic amines is 1. The Balaban J connectivity index is 1.79. The number of nitrogens with zero attached hydrogens (tertiary/aromatic N) is 2. The first-order chi connectivity index (χ1) is 12.3. The minimum absolute atomic E-state index is 0.0123. The van der Waals surface area contributed by atoms with E-state index in [0.29, 0.717) is 18.1 Å². The molecule has 1 saturated heterocycles. The average Bonchev–Trinajstić information content (AvgIpc) is 3.09. The van der Waals surface area contributed by atoms with Crippen LogP contribution in [0.2, 0.25) is 5.02 Å². The molecule has 1 aromatic carbocycles. The number of benzene rings is 1. The molecular formula is C20H24ClN3O2. The number of nitrogens with one attached hydrogen (secondary N) is 1. The standard InChI is InChI=1S/C20H24ClN3O2/c1-4-5-17(25)24-8-6-14(7-9-24)20(2,3)19(26)16-11-15(21)10-13-12-22-23-18(13)16/h1,10-12,14,19,26H,5-9H2,2-3H3,(H,22,23). The van der Waals surface area contributed by atoms with E-state index in [-0.39, 0.29) is 23.7 Å². The first kappa shape index (κ1) is 18.8. The summed E-state index contributed by atoms with van der Waals surface area (Å²) < 4.78 is 0. The molecule has 2 aromatic rings. The average molecular weight is 374 g/mol. The van der Waals surface area contributed by atoms with Crippen LogP contribution in [0.5, 0.6) is 0 Å². The number of amides is 1. The Hall–Kier alpha value is -2.03. The lowest BCUT2D eigenvalue weighted by molar-refractivity contribution is -0.132. The van der Waals surface area contributed by atoms with Crippen LogP contribution in [0.25, 0.3) is 10.9 Å². The van der Waals surface area contributed by atoms with Gasteiger partial charge >= 0.3 is 0 Å². The van der Waals surface area contributed by atoms with Gasteiger partial charge in [-0.15, -0.1) is 6.42 Å². The highest BCUT2D eigenvalue weighted by Crippen LogP contribution is 2.46. The van der Waals surface area contributed by atoms with Crippen LogP contribution in [0.1, 0.15) is 44.8 Å². The van der Waals surface area contributed by atoms with Gasteiger partial charge in [0.25, 0.3) is 0 Å². The Labute approximate surface area is 158 Å². The summed E-state index contributed by atoms with van der Waals surface area (Å²) in [6.45, 7) is 5.50. The number of rotatable bonds is 4. The second kappa shape index (κ2) is 7.30. The first-order valence-electron chi connectivity index (χ1n) is 8.86. The number of hydrogen-bond donors (Lipinski definition) is 2. The second-order valence-corrected chi connectivity index (χ2v) is 8.03. The van der Waals surface area contributed by atoms with Crippen LogP contribution in [0.4, 0.5) is 0 Å². The lowest BCUT2D eigenvalue weighted by Gasteiger charge is -2.43. The number of likely N-dealkylation sites (tertiary alicyclic amines) is 1. The number of fused-ring (bicyclic) bond motifs is 1. The van der Waals surface area contributed by atoms with Gasteiger partial charge in [0.2, 0.25) is 5.91 Å². The van der Waals surface area contributed by atoms with Crippen molar-refractivity contribution in [3.63, 3.8) is 0 Å². The molecule has 5 nitrogen and oxygen atoms in total. The van der Waals surface area contributed by atoms with Gasteiger partial charge in [-0.3, -0.25) is 9.89 Å². The maximum Gasteiger partial charge on any atom is 0.234 e. The molecule has 1 fully saturated rings. The van der Waals surface area contributed by atoms with Crippen molar-refractivity contribution in [1.82, 2.24) is 15.1 Å². The van der Waals surface area contributed by atoms with Gasteiger partial charge in [-0.25, -0.2) is 0 Å². The number of halogens is 1. The minimum atomic E-state index is -0.692. The molecule has 2 heterocycles. The molecule has 138 valence electrons. The summed E-state index contributed by atoms with van der Waals surface area (Å²) in [5.41, 5.74) is 1.21. The van der Waals surface area contributed by atoms with Crippen LogP contribution in [-0.2, 0) is 4.79 Å². The van der Waals surface area contributed by atoms with Gasteiger partial charge in [-0.1, -0.05) is 31.4 Å². The lowest BCUT2D eigenvalue weighted by atomic mass is 9.68. The molecule has 1 atom stereocenters. The van der Waals surface area contributed by atoms with E-state index in [1.54, 1.807) is 12.3 Å². The zero-order chi connectivity index (χ0) is 18.9. The molecule has 0 saturated carbocycles. The van der Waals surface area contributed by atoms with Crippen LogP contribution in [0.15, 0.2) is 18.3 Å². The summed E-state index contributed by atoms with van der Waals surface area (Å²) in [6.07, 6.45) is 8.08. The Morgan fingerprint density at radius 1 is 1.50 bits per heavy atom. The van der Waals surface area contributed by atoms with Crippen molar-refractivity contribution < 1.29 is 9.90 Å². The number of aliphatic hydroxyl groups is 1.